The van der Waals surface area contributed by atoms with Crippen LogP contribution in [0, 0.1) is 5.92 Å². The third-order valence-corrected chi connectivity index (χ3v) is 4.28. The molecule has 2 rings (SSSR count). The summed E-state index contributed by atoms with van der Waals surface area (Å²) in [6.45, 7) is 4.29. The number of carbonyl (C=O) groups excluding carboxylic acids is 1. The predicted molar refractivity (Wildman–Crippen MR) is 77.8 cm³/mol. The number of nitrogens with one attached hydrogen (secondary N) is 1. The number of fused-ring (bicyclic) bond motifs is 1. The zero-order chi connectivity index (χ0) is 13.1. The van der Waals surface area contributed by atoms with E-state index < -0.39 is 0 Å². The lowest BCUT2D eigenvalue weighted by atomic mass is 10.1. The molecule has 98 valence electrons. The highest BCUT2D eigenvalue weighted by atomic mass is 79.9. The summed E-state index contributed by atoms with van der Waals surface area (Å²) in [7, 11) is 0. The maximum atomic E-state index is 11.9. The Morgan fingerprint density at radius 1 is 1.44 bits per heavy atom. The molecule has 2 atom stereocenters. The van der Waals surface area contributed by atoms with E-state index in [1.807, 2.05) is 6.07 Å². The number of halogens is 1. The van der Waals surface area contributed by atoms with E-state index in [1.54, 1.807) is 0 Å². The third-order valence-electron chi connectivity index (χ3n) is 3.43. The first-order valence-corrected chi connectivity index (χ1v) is 7.50. The van der Waals surface area contributed by atoms with Crippen LogP contribution in [-0.4, -0.2) is 10.7 Å². The van der Waals surface area contributed by atoms with Crippen molar-refractivity contribution >= 4 is 21.8 Å². The Balaban J connectivity index is 1.99. The van der Waals surface area contributed by atoms with Gasteiger partial charge in [0.25, 0.3) is 0 Å². The number of amides is 1. The number of benzene rings is 1. The van der Waals surface area contributed by atoms with Gasteiger partial charge in [0.1, 0.15) is 0 Å². The van der Waals surface area contributed by atoms with Gasteiger partial charge < -0.3 is 5.32 Å². The van der Waals surface area contributed by atoms with Crippen LogP contribution < -0.4 is 5.32 Å². The molecule has 2 unspecified atom stereocenters. The summed E-state index contributed by atoms with van der Waals surface area (Å²) in [6.07, 6.45) is 2.56. The van der Waals surface area contributed by atoms with Gasteiger partial charge in [0.15, 0.2) is 0 Å². The summed E-state index contributed by atoms with van der Waals surface area (Å²) in [5, 5.41) is 3.15. The summed E-state index contributed by atoms with van der Waals surface area (Å²) in [6, 6.07) is 8.48. The van der Waals surface area contributed by atoms with Crippen LogP contribution in [0.25, 0.3) is 0 Å². The summed E-state index contributed by atoms with van der Waals surface area (Å²) in [5.74, 6) is 0.737. The Morgan fingerprint density at radius 3 is 2.89 bits per heavy atom. The minimum atomic E-state index is 0.126. The van der Waals surface area contributed by atoms with Crippen molar-refractivity contribution in [2.24, 2.45) is 5.92 Å². The average molecular weight is 310 g/mol. The zero-order valence-electron chi connectivity index (χ0n) is 10.9. The van der Waals surface area contributed by atoms with Crippen LogP contribution in [0.15, 0.2) is 24.3 Å². The molecule has 1 aromatic rings. The second-order valence-electron chi connectivity index (χ2n) is 5.40. The van der Waals surface area contributed by atoms with Crippen LogP contribution in [0.1, 0.15) is 43.9 Å². The Morgan fingerprint density at radius 2 is 2.17 bits per heavy atom. The van der Waals surface area contributed by atoms with E-state index in [4.69, 9.17) is 0 Å². The van der Waals surface area contributed by atoms with Gasteiger partial charge in [-0.2, -0.15) is 0 Å². The summed E-state index contributed by atoms with van der Waals surface area (Å²) in [4.78, 5) is 12.2. The van der Waals surface area contributed by atoms with Crippen molar-refractivity contribution in [3.8, 4) is 0 Å². The summed E-state index contributed by atoms with van der Waals surface area (Å²) >= 11 is 3.68. The number of carbonyl (C=O) groups is 1. The van der Waals surface area contributed by atoms with Crippen LogP contribution in [0.2, 0.25) is 0 Å². The first-order chi connectivity index (χ1) is 8.58. The lowest BCUT2D eigenvalue weighted by Crippen LogP contribution is -2.31. The minimum Gasteiger partial charge on any atom is -0.348 e. The van der Waals surface area contributed by atoms with E-state index in [9.17, 15) is 4.79 Å². The lowest BCUT2D eigenvalue weighted by Gasteiger charge is -2.18. The van der Waals surface area contributed by atoms with Crippen LogP contribution in [-0.2, 0) is 11.2 Å². The molecule has 0 radical (unpaired) electrons. The highest BCUT2D eigenvalue weighted by molar-refractivity contribution is 9.09. The normalized spacial score (nSPS) is 22.0. The van der Waals surface area contributed by atoms with Crippen molar-refractivity contribution in [1.29, 1.82) is 0 Å². The van der Waals surface area contributed by atoms with Crippen LogP contribution >= 0.6 is 15.9 Å². The van der Waals surface area contributed by atoms with Crippen molar-refractivity contribution < 1.29 is 4.79 Å². The van der Waals surface area contributed by atoms with Gasteiger partial charge in [0.2, 0.25) is 5.91 Å². The maximum Gasteiger partial charge on any atom is 0.220 e. The van der Waals surface area contributed by atoms with Gasteiger partial charge in [0.05, 0.1) is 6.04 Å². The molecule has 0 heterocycles. The molecule has 1 aliphatic carbocycles. The summed E-state index contributed by atoms with van der Waals surface area (Å²) < 4.78 is 0. The molecule has 0 saturated carbocycles. The van der Waals surface area contributed by atoms with E-state index >= 15 is 0 Å². The Kier molecular flexibility index (Phi) is 4.44. The fourth-order valence-electron chi connectivity index (χ4n) is 2.38. The van der Waals surface area contributed by atoms with Crippen molar-refractivity contribution in [3.05, 3.63) is 35.4 Å². The molecular weight excluding hydrogens is 290 g/mol. The molecule has 1 amide bonds. The largest absolute Gasteiger partial charge is 0.348 e. The fourth-order valence-corrected chi connectivity index (χ4v) is 3.15. The molecule has 1 aromatic carbocycles. The van der Waals surface area contributed by atoms with Gasteiger partial charge in [-0.1, -0.05) is 54.0 Å². The average Bonchev–Trinajstić information content (AvgIpc) is 2.64. The van der Waals surface area contributed by atoms with Gasteiger partial charge in [-0.25, -0.2) is 0 Å². The Bertz CT molecular complexity index is 430. The van der Waals surface area contributed by atoms with Gasteiger partial charge in [0, 0.05) is 11.2 Å². The number of hydrogen-bond acceptors (Lipinski definition) is 1. The number of alkyl halides is 1. The smallest absolute Gasteiger partial charge is 0.220 e. The highest BCUT2D eigenvalue weighted by Crippen LogP contribution is 2.35. The molecule has 0 spiro atoms. The maximum absolute atomic E-state index is 11.9. The molecular formula is C15H20BrNO. The van der Waals surface area contributed by atoms with Gasteiger partial charge in [-0.05, 0) is 29.9 Å². The zero-order valence-corrected chi connectivity index (χ0v) is 12.5. The van der Waals surface area contributed by atoms with E-state index in [0.717, 1.165) is 12.8 Å². The molecule has 1 N–H and O–H groups in total. The molecule has 3 heteroatoms. The van der Waals surface area contributed by atoms with Crippen LogP contribution in [0.4, 0.5) is 0 Å². The molecule has 2 nitrogen and oxygen atoms in total. The summed E-state index contributed by atoms with van der Waals surface area (Å²) in [5.41, 5.74) is 2.60. The topological polar surface area (TPSA) is 29.1 Å². The monoisotopic (exact) mass is 309 g/mol. The lowest BCUT2D eigenvalue weighted by molar-refractivity contribution is -0.122. The Hall–Kier alpha value is -0.830. The molecule has 1 aliphatic rings. The van der Waals surface area contributed by atoms with Crippen LogP contribution in [0.3, 0.4) is 0 Å². The molecule has 0 aromatic heterocycles. The quantitative estimate of drug-likeness (QED) is 0.846. The van der Waals surface area contributed by atoms with Crippen molar-refractivity contribution in [2.45, 2.75) is 44.0 Å². The minimum absolute atomic E-state index is 0.126. The van der Waals surface area contributed by atoms with Crippen molar-refractivity contribution in [3.63, 3.8) is 0 Å². The molecule has 0 fully saturated rings. The van der Waals surface area contributed by atoms with Gasteiger partial charge >= 0.3 is 0 Å². The molecule has 0 aliphatic heterocycles. The molecule has 18 heavy (non-hydrogen) atoms. The highest BCUT2D eigenvalue weighted by Gasteiger charge is 2.31. The molecule has 0 saturated heterocycles. The predicted octanol–water partition coefficient (Wildman–Crippen LogP) is 3.60. The van der Waals surface area contributed by atoms with Gasteiger partial charge in [-0.3, -0.25) is 4.79 Å². The molecule has 0 bridgehead atoms. The van der Waals surface area contributed by atoms with Gasteiger partial charge in [-0.15, -0.1) is 0 Å². The van der Waals surface area contributed by atoms with E-state index in [-0.39, 0.29) is 11.9 Å². The number of rotatable bonds is 4. The standard InChI is InChI=1S/C15H20BrNO/c1-10(2)7-8-14(18)17-15-12-6-4-3-5-11(12)9-13(15)16/h3-6,10,13,15H,7-9H2,1-2H3,(H,17,18). The van der Waals surface area contributed by atoms with E-state index in [0.29, 0.717) is 17.2 Å². The van der Waals surface area contributed by atoms with E-state index in [2.05, 4.69) is 53.3 Å². The second-order valence-corrected chi connectivity index (χ2v) is 6.57. The van der Waals surface area contributed by atoms with Crippen molar-refractivity contribution in [1.82, 2.24) is 5.32 Å². The Labute approximate surface area is 117 Å². The SMILES string of the molecule is CC(C)CCC(=O)NC1c2ccccc2CC1Br. The van der Waals surface area contributed by atoms with Crippen molar-refractivity contribution in [2.75, 3.05) is 0 Å². The fraction of sp³-hybridized carbons (Fsp3) is 0.533. The third kappa shape index (κ3) is 3.14. The number of hydrogen-bond donors (Lipinski definition) is 1. The first kappa shape index (κ1) is 13.6. The first-order valence-electron chi connectivity index (χ1n) is 6.59. The van der Waals surface area contributed by atoms with Crippen LogP contribution in [0.5, 0.6) is 0 Å². The van der Waals surface area contributed by atoms with E-state index in [1.165, 1.54) is 11.1 Å². The second kappa shape index (κ2) is 5.87.